The highest BCUT2D eigenvalue weighted by molar-refractivity contribution is 7.13. The number of nitrogens with one attached hydrogen (secondary N) is 1. The van der Waals surface area contributed by atoms with Crippen LogP contribution in [0.1, 0.15) is 30.2 Å². The minimum absolute atomic E-state index is 0.0132. The Morgan fingerprint density at radius 3 is 2.80 bits per heavy atom. The molecule has 2 heterocycles. The fourth-order valence-corrected chi connectivity index (χ4v) is 3.62. The molecule has 0 bridgehead atoms. The quantitative estimate of drug-likeness (QED) is 0.700. The van der Waals surface area contributed by atoms with Crippen molar-refractivity contribution >= 4 is 28.8 Å². The third-order valence-electron chi connectivity index (χ3n) is 4.23. The van der Waals surface area contributed by atoms with Crippen molar-refractivity contribution in [3.8, 4) is 10.7 Å². The summed E-state index contributed by atoms with van der Waals surface area (Å²) in [7, 11) is 0. The van der Waals surface area contributed by atoms with Crippen LogP contribution in [0.25, 0.3) is 10.7 Å². The normalized spacial score (nSPS) is 15.1. The van der Waals surface area contributed by atoms with Crippen LogP contribution in [0.4, 0.5) is 0 Å². The molecule has 1 unspecified atom stereocenters. The lowest BCUT2D eigenvalue weighted by Crippen LogP contribution is -2.30. The number of benzene rings is 1. The van der Waals surface area contributed by atoms with Crippen LogP contribution in [0.3, 0.4) is 0 Å². The van der Waals surface area contributed by atoms with Crippen molar-refractivity contribution in [2.75, 3.05) is 0 Å². The smallest absolute Gasteiger partial charge is 0.246 e. The number of carbonyl (C=O) groups excluding carboxylic acids is 1. The molecule has 128 valence electrons. The molecule has 0 spiro atoms. The largest absolute Gasteiger partial charge is 0.346 e. The summed E-state index contributed by atoms with van der Waals surface area (Å²) in [5.41, 5.74) is 0.995. The first-order valence-electron chi connectivity index (χ1n) is 8.10. The van der Waals surface area contributed by atoms with Crippen LogP contribution in [0, 0.1) is 5.92 Å². The van der Waals surface area contributed by atoms with E-state index < -0.39 is 0 Å². The first-order chi connectivity index (χ1) is 12.2. The molecule has 1 fully saturated rings. The molecule has 25 heavy (non-hydrogen) atoms. The third-order valence-corrected chi connectivity index (χ3v) is 5.35. The second kappa shape index (κ2) is 6.98. The van der Waals surface area contributed by atoms with Gasteiger partial charge in [0.25, 0.3) is 0 Å². The van der Waals surface area contributed by atoms with Crippen molar-refractivity contribution in [2.24, 2.45) is 5.92 Å². The number of nitrogens with zero attached hydrogens (tertiary/aromatic N) is 2. The van der Waals surface area contributed by atoms with Gasteiger partial charge in [0, 0.05) is 5.02 Å². The molecule has 1 aliphatic carbocycles. The Kier molecular flexibility index (Phi) is 4.55. The maximum absolute atomic E-state index is 12.7. The molecule has 7 heteroatoms. The first-order valence-corrected chi connectivity index (χ1v) is 9.36. The van der Waals surface area contributed by atoms with E-state index in [9.17, 15) is 4.79 Å². The van der Waals surface area contributed by atoms with Gasteiger partial charge in [-0.2, -0.15) is 4.98 Å². The molecule has 1 atom stereocenters. The number of hydrogen-bond acceptors (Lipinski definition) is 5. The highest BCUT2D eigenvalue weighted by Gasteiger charge is 2.37. The maximum Gasteiger partial charge on any atom is 0.246 e. The Hall–Kier alpha value is -2.18. The SMILES string of the molecule is O=C(NCc1nc(-c2cccs2)no1)C(c1ccc(Cl)cc1)C1CC1. The molecule has 2 aromatic heterocycles. The van der Waals surface area contributed by atoms with Gasteiger partial charge in [-0.25, -0.2) is 0 Å². The summed E-state index contributed by atoms with van der Waals surface area (Å²) in [6, 6.07) is 11.4. The van der Waals surface area contributed by atoms with Crippen LogP contribution < -0.4 is 5.32 Å². The Morgan fingerprint density at radius 1 is 1.32 bits per heavy atom. The molecule has 0 radical (unpaired) electrons. The van der Waals surface area contributed by atoms with Crippen LogP contribution in [0.2, 0.25) is 5.02 Å². The molecule has 1 aliphatic rings. The van der Waals surface area contributed by atoms with Gasteiger partial charge in [0.05, 0.1) is 17.3 Å². The summed E-state index contributed by atoms with van der Waals surface area (Å²) in [5, 5.41) is 9.51. The topological polar surface area (TPSA) is 68.0 Å². The Labute approximate surface area is 154 Å². The van der Waals surface area contributed by atoms with Crippen molar-refractivity contribution in [3.05, 3.63) is 58.3 Å². The van der Waals surface area contributed by atoms with Gasteiger partial charge in [-0.3, -0.25) is 4.79 Å². The van der Waals surface area contributed by atoms with Crippen LogP contribution in [-0.4, -0.2) is 16.0 Å². The van der Waals surface area contributed by atoms with Gasteiger partial charge >= 0.3 is 0 Å². The second-order valence-corrected chi connectivity index (χ2v) is 7.46. The Morgan fingerprint density at radius 2 is 2.12 bits per heavy atom. The summed E-state index contributed by atoms with van der Waals surface area (Å²) in [6.07, 6.45) is 2.15. The first kappa shape index (κ1) is 16.3. The number of rotatable bonds is 6. The number of carbonyl (C=O) groups is 1. The molecule has 1 N–H and O–H groups in total. The minimum atomic E-state index is -0.156. The molecule has 1 amide bonds. The van der Waals surface area contributed by atoms with E-state index in [1.54, 1.807) is 11.3 Å². The van der Waals surface area contributed by atoms with Gasteiger partial charge in [-0.1, -0.05) is 35.0 Å². The van der Waals surface area contributed by atoms with E-state index in [1.807, 2.05) is 41.8 Å². The van der Waals surface area contributed by atoms with Crippen LogP contribution >= 0.6 is 22.9 Å². The van der Waals surface area contributed by atoms with Gasteiger partial charge in [-0.05, 0) is 47.9 Å². The van der Waals surface area contributed by atoms with E-state index >= 15 is 0 Å². The molecule has 0 saturated heterocycles. The number of aromatic nitrogens is 2. The molecule has 5 nitrogen and oxygen atoms in total. The average molecular weight is 374 g/mol. The molecular weight excluding hydrogens is 358 g/mol. The molecule has 0 aliphatic heterocycles. The summed E-state index contributed by atoms with van der Waals surface area (Å²) in [5.74, 6) is 1.18. The Balaban J connectivity index is 1.43. The van der Waals surface area contributed by atoms with E-state index in [4.69, 9.17) is 16.1 Å². The van der Waals surface area contributed by atoms with E-state index in [2.05, 4.69) is 15.5 Å². The number of halogens is 1. The van der Waals surface area contributed by atoms with Gasteiger partial charge in [-0.15, -0.1) is 11.3 Å². The summed E-state index contributed by atoms with van der Waals surface area (Å²) >= 11 is 7.50. The molecule has 4 rings (SSSR count). The number of amides is 1. The van der Waals surface area contributed by atoms with Crippen LogP contribution in [-0.2, 0) is 11.3 Å². The van der Waals surface area contributed by atoms with E-state index in [-0.39, 0.29) is 18.4 Å². The van der Waals surface area contributed by atoms with Crippen molar-refractivity contribution in [2.45, 2.75) is 25.3 Å². The van der Waals surface area contributed by atoms with Crippen LogP contribution in [0.5, 0.6) is 0 Å². The molecule has 3 aromatic rings. The average Bonchev–Trinajstić information content (AvgIpc) is 3.12. The molecular formula is C18H16ClN3O2S. The zero-order valence-electron chi connectivity index (χ0n) is 13.3. The predicted molar refractivity (Wildman–Crippen MR) is 96.4 cm³/mol. The third kappa shape index (κ3) is 3.75. The van der Waals surface area contributed by atoms with E-state index in [0.717, 1.165) is 23.3 Å². The lowest BCUT2D eigenvalue weighted by molar-refractivity contribution is -0.123. The summed E-state index contributed by atoms with van der Waals surface area (Å²) in [6.45, 7) is 0.230. The fourth-order valence-electron chi connectivity index (χ4n) is 2.84. The van der Waals surface area contributed by atoms with E-state index in [0.29, 0.717) is 22.7 Å². The van der Waals surface area contributed by atoms with Gasteiger partial charge in [0.2, 0.25) is 17.6 Å². The standard InChI is InChI=1S/C18H16ClN3O2S/c19-13-7-5-12(6-8-13)16(11-3-4-11)18(23)20-10-15-21-17(22-24-15)14-2-1-9-25-14/h1-2,5-9,11,16H,3-4,10H2,(H,20,23). The van der Waals surface area contributed by atoms with Gasteiger partial charge in [0.15, 0.2) is 0 Å². The van der Waals surface area contributed by atoms with Crippen molar-refractivity contribution in [1.29, 1.82) is 0 Å². The monoisotopic (exact) mass is 373 g/mol. The number of hydrogen-bond donors (Lipinski definition) is 1. The second-order valence-electron chi connectivity index (χ2n) is 6.07. The van der Waals surface area contributed by atoms with Crippen molar-refractivity contribution in [3.63, 3.8) is 0 Å². The number of thiophene rings is 1. The van der Waals surface area contributed by atoms with Crippen LogP contribution in [0.15, 0.2) is 46.3 Å². The zero-order chi connectivity index (χ0) is 17.2. The lowest BCUT2D eigenvalue weighted by Gasteiger charge is -2.16. The molecule has 1 aromatic carbocycles. The minimum Gasteiger partial charge on any atom is -0.346 e. The summed E-state index contributed by atoms with van der Waals surface area (Å²) in [4.78, 5) is 18.0. The maximum atomic E-state index is 12.7. The van der Waals surface area contributed by atoms with Crippen molar-refractivity contribution < 1.29 is 9.32 Å². The highest BCUT2D eigenvalue weighted by atomic mass is 35.5. The van der Waals surface area contributed by atoms with Gasteiger partial charge in [0.1, 0.15) is 0 Å². The van der Waals surface area contributed by atoms with Gasteiger partial charge < -0.3 is 9.84 Å². The lowest BCUT2D eigenvalue weighted by atomic mass is 9.93. The fraction of sp³-hybridized carbons (Fsp3) is 0.278. The zero-order valence-corrected chi connectivity index (χ0v) is 14.9. The molecule has 1 saturated carbocycles. The van der Waals surface area contributed by atoms with E-state index in [1.165, 1.54) is 0 Å². The van der Waals surface area contributed by atoms with Crippen molar-refractivity contribution in [1.82, 2.24) is 15.5 Å². The Bertz CT molecular complexity index is 857. The summed E-state index contributed by atoms with van der Waals surface area (Å²) < 4.78 is 5.23. The predicted octanol–water partition coefficient (Wildman–Crippen LogP) is 4.26. The highest BCUT2D eigenvalue weighted by Crippen LogP contribution is 2.43.